The van der Waals surface area contributed by atoms with E-state index in [2.05, 4.69) is 20.7 Å². The number of hydrogen-bond acceptors (Lipinski definition) is 5. The number of aromatic nitrogens is 3. The zero-order chi connectivity index (χ0) is 19.4. The van der Waals surface area contributed by atoms with Gasteiger partial charge in [-0.05, 0) is 36.0 Å². The van der Waals surface area contributed by atoms with Gasteiger partial charge in [-0.1, -0.05) is 35.3 Å². The fraction of sp³-hybridized carbons (Fsp3) is 0.0625. The Morgan fingerprint density at radius 3 is 2.74 bits per heavy atom. The second-order valence-electron chi connectivity index (χ2n) is 5.40. The van der Waals surface area contributed by atoms with E-state index >= 15 is 0 Å². The second kappa shape index (κ2) is 8.30. The fourth-order valence-electron chi connectivity index (χ4n) is 2.21. The van der Waals surface area contributed by atoms with Crippen LogP contribution in [0.5, 0.6) is 0 Å². The first-order valence-electron chi connectivity index (χ1n) is 7.56. The normalized spacial score (nSPS) is 10.4. The molecular weight excluding hydrogens is 411 g/mol. The number of nitro benzene ring substituents is 1. The molecule has 0 spiro atoms. The van der Waals surface area contributed by atoms with E-state index in [0.717, 1.165) is 5.56 Å². The molecule has 138 valence electrons. The molecule has 0 aliphatic heterocycles. The molecule has 0 aliphatic rings. The van der Waals surface area contributed by atoms with E-state index in [1.807, 2.05) is 6.07 Å². The summed E-state index contributed by atoms with van der Waals surface area (Å²) in [4.78, 5) is 14.5. The van der Waals surface area contributed by atoms with Gasteiger partial charge < -0.3 is 5.32 Å². The predicted molar refractivity (Wildman–Crippen MR) is 109 cm³/mol. The molecular formula is C16H12Cl2N6O2S. The van der Waals surface area contributed by atoms with Crippen LogP contribution < -0.4 is 10.6 Å². The standard InChI is InChI=1S/C16H12Cl2N6O2S/c17-13-5-4-10(6-14(13)18)8-23-9-19-15(22-23)21-16(27)20-11-2-1-3-12(7-11)24(25)26/h1-7,9H,8H2,(H2,20,21,22,27). The van der Waals surface area contributed by atoms with E-state index in [4.69, 9.17) is 35.4 Å². The number of anilines is 2. The quantitative estimate of drug-likeness (QED) is 0.358. The highest BCUT2D eigenvalue weighted by molar-refractivity contribution is 7.80. The third-order valence-electron chi connectivity index (χ3n) is 3.41. The third-order valence-corrected chi connectivity index (χ3v) is 4.35. The van der Waals surface area contributed by atoms with Crippen molar-refractivity contribution < 1.29 is 4.92 Å². The molecule has 0 bridgehead atoms. The van der Waals surface area contributed by atoms with Crippen molar-refractivity contribution in [3.8, 4) is 0 Å². The summed E-state index contributed by atoms with van der Waals surface area (Å²) >= 11 is 17.1. The average Bonchev–Trinajstić information content (AvgIpc) is 3.05. The van der Waals surface area contributed by atoms with Gasteiger partial charge in [0, 0.05) is 17.8 Å². The number of rotatable bonds is 5. The summed E-state index contributed by atoms with van der Waals surface area (Å²) < 4.78 is 1.61. The second-order valence-corrected chi connectivity index (χ2v) is 6.62. The number of nitrogens with one attached hydrogen (secondary N) is 2. The number of nitro groups is 1. The van der Waals surface area contributed by atoms with E-state index in [9.17, 15) is 10.1 Å². The lowest BCUT2D eigenvalue weighted by Gasteiger charge is -2.07. The molecule has 0 aliphatic carbocycles. The summed E-state index contributed by atoms with van der Waals surface area (Å²) in [6.07, 6.45) is 1.54. The van der Waals surface area contributed by atoms with Crippen LogP contribution in [0.15, 0.2) is 48.8 Å². The Morgan fingerprint density at radius 2 is 2.00 bits per heavy atom. The van der Waals surface area contributed by atoms with Crippen LogP contribution in [0.3, 0.4) is 0 Å². The van der Waals surface area contributed by atoms with Gasteiger partial charge in [0.25, 0.3) is 5.69 Å². The van der Waals surface area contributed by atoms with Crippen LogP contribution in [0.2, 0.25) is 10.0 Å². The highest BCUT2D eigenvalue weighted by Gasteiger charge is 2.08. The average molecular weight is 423 g/mol. The number of non-ortho nitro benzene ring substituents is 1. The van der Waals surface area contributed by atoms with Gasteiger partial charge in [-0.25, -0.2) is 9.67 Å². The zero-order valence-electron chi connectivity index (χ0n) is 13.6. The number of hydrogen-bond donors (Lipinski definition) is 2. The highest BCUT2D eigenvalue weighted by atomic mass is 35.5. The van der Waals surface area contributed by atoms with Gasteiger partial charge in [-0.3, -0.25) is 15.4 Å². The third kappa shape index (κ3) is 5.13. The minimum atomic E-state index is -0.478. The molecule has 2 N–H and O–H groups in total. The number of nitrogens with zero attached hydrogens (tertiary/aromatic N) is 4. The Labute approximate surface area is 169 Å². The maximum atomic E-state index is 10.8. The molecule has 0 fully saturated rings. The number of benzene rings is 2. The lowest BCUT2D eigenvalue weighted by Crippen LogP contribution is -2.20. The summed E-state index contributed by atoms with van der Waals surface area (Å²) in [7, 11) is 0. The minimum Gasteiger partial charge on any atom is -0.332 e. The first kappa shape index (κ1) is 19.0. The molecule has 0 unspecified atom stereocenters. The van der Waals surface area contributed by atoms with Gasteiger partial charge in [-0.2, -0.15) is 0 Å². The van der Waals surface area contributed by atoms with Gasteiger partial charge in [0.05, 0.1) is 21.5 Å². The van der Waals surface area contributed by atoms with Crippen LogP contribution in [-0.4, -0.2) is 24.8 Å². The molecule has 3 aromatic rings. The van der Waals surface area contributed by atoms with Crippen LogP contribution in [0.1, 0.15) is 5.56 Å². The van der Waals surface area contributed by atoms with Crippen LogP contribution in [0.4, 0.5) is 17.3 Å². The first-order chi connectivity index (χ1) is 12.9. The molecule has 0 amide bonds. The largest absolute Gasteiger partial charge is 0.332 e. The van der Waals surface area contributed by atoms with Crippen molar-refractivity contribution in [2.75, 3.05) is 10.6 Å². The minimum absolute atomic E-state index is 0.0353. The summed E-state index contributed by atoms with van der Waals surface area (Å²) in [5.41, 5.74) is 1.36. The predicted octanol–water partition coefficient (Wildman–Crippen LogP) is 4.35. The summed E-state index contributed by atoms with van der Waals surface area (Å²) in [6.45, 7) is 0.455. The van der Waals surface area contributed by atoms with E-state index in [1.165, 1.54) is 12.1 Å². The van der Waals surface area contributed by atoms with E-state index < -0.39 is 4.92 Å². The molecule has 0 atom stereocenters. The lowest BCUT2D eigenvalue weighted by atomic mass is 10.2. The van der Waals surface area contributed by atoms with Crippen molar-refractivity contribution in [1.29, 1.82) is 0 Å². The molecule has 27 heavy (non-hydrogen) atoms. The Bertz CT molecular complexity index is 1010. The summed E-state index contributed by atoms with van der Waals surface area (Å²) in [6, 6.07) is 11.3. The topological polar surface area (TPSA) is 97.9 Å². The number of thiocarbonyl (C=S) groups is 1. The SMILES string of the molecule is O=[N+]([O-])c1cccc(NC(=S)Nc2ncn(Cc3ccc(Cl)c(Cl)c3)n2)c1. The van der Waals surface area contributed by atoms with Gasteiger partial charge in [0.1, 0.15) is 6.33 Å². The molecule has 3 rings (SSSR count). The smallest absolute Gasteiger partial charge is 0.271 e. The van der Waals surface area contributed by atoms with Gasteiger partial charge in [0.2, 0.25) is 5.95 Å². The Morgan fingerprint density at radius 1 is 1.19 bits per heavy atom. The van der Waals surface area contributed by atoms with Gasteiger partial charge in [0.15, 0.2) is 5.11 Å². The molecule has 1 heterocycles. The van der Waals surface area contributed by atoms with Crippen molar-refractivity contribution in [2.24, 2.45) is 0 Å². The zero-order valence-corrected chi connectivity index (χ0v) is 15.9. The summed E-state index contributed by atoms with van der Waals surface area (Å²) in [5.74, 6) is 0.290. The lowest BCUT2D eigenvalue weighted by molar-refractivity contribution is -0.384. The van der Waals surface area contributed by atoms with Crippen molar-refractivity contribution >= 4 is 57.9 Å². The Kier molecular flexibility index (Phi) is 5.84. The maximum Gasteiger partial charge on any atom is 0.271 e. The van der Waals surface area contributed by atoms with Crippen LogP contribution >= 0.6 is 35.4 Å². The molecule has 0 saturated heterocycles. The van der Waals surface area contributed by atoms with Crippen molar-refractivity contribution in [2.45, 2.75) is 6.54 Å². The highest BCUT2D eigenvalue weighted by Crippen LogP contribution is 2.23. The molecule has 2 aromatic carbocycles. The van der Waals surface area contributed by atoms with Crippen LogP contribution in [-0.2, 0) is 6.54 Å². The molecule has 0 radical (unpaired) electrons. The molecule has 8 nitrogen and oxygen atoms in total. The van der Waals surface area contributed by atoms with Crippen molar-refractivity contribution in [3.63, 3.8) is 0 Å². The van der Waals surface area contributed by atoms with E-state index in [-0.39, 0.29) is 16.7 Å². The van der Waals surface area contributed by atoms with E-state index in [0.29, 0.717) is 22.3 Å². The van der Waals surface area contributed by atoms with Gasteiger partial charge in [-0.15, -0.1) is 5.10 Å². The van der Waals surface area contributed by atoms with Crippen LogP contribution in [0, 0.1) is 10.1 Å². The van der Waals surface area contributed by atoms with Crippen LogP contribution in [0.25, 0.3) is 0 Å². The van der Waals surface area contributed by atoms with Gasteiger partial charge >= 0.3 is 0 Å². The van der Waals surface area contributed by atoms with Crippen molar-refractivity contribution in [1.82, 2.24) is 14.8 Å². The molecule has 0 saturated carbocycles. The monoisotopic (exact) mass is 422 g/mol. The Balaban J connectivity index is 1.61. The van der Waals surface area contributed by atoms with E-state index in [1.54, 1.807) is 35.3 Å². The number of halogens is 2. The Hall–Kier alpha value is -2.75. The summed E-state index contributed by atoms with van der Waals surface area (Å²) in [5, 5.41) is 21.9. The fourth-order valence-corrected chi connectivity index (χ4v) is 2.74. The maximum absolute atomic E-state index is 10.8. The first-order valence-corrected chi connectivity index (χ1v) is 8.73. The molecule has 1 aromatic heterocycles. The molecule has 11 heteroatoms. The van der Waals surface area contributed by atoms with Crippen molar-refractivity contribution in [3.05, 3.63) is 74.5 Å².